The fraction of sp³-hybridized carbons (Fsp3) is 0.714. The zero-order valence-electron chi connectivity index (χ0n) is 7.62. The van der Waals surface area contributed by atoms with Crippen LogP contribution in [0, 0.1) is 7.43 Å². The molecule has 0 spiro atoms. The number of hydrogen-bond donors (Lipinski definition) is 1. The molecule has 0 atom stereocenters. The van der Waals surface area contributed by atoms with Crippen LogP contribution in [0.2, 0.25) is 0 Å². The van der Waals surface area contributed by atoms with Crippen molar-refractivity contribution in [1.29, 1.82) is 0 Å². The maximum absolute atomic E-state index is 10.2. The number of carbonyl (C=O) groups is 1. The predicted molar refractivity (Wildman–Crippen MR) is 38.6 cm³/mol. The number of amides is 1. The molecule has 0 aromatic carbocycles. The monoisotopic (exact) mass is 198 g/mol. The molecular formula is C7H13KNO3-. The van der Waals surface area contributed by atoms with Crippen LogP contribution in [0.15, 0.2) is 0 Å². The van der Waals surface area contributed by atoms with E-state index >= 15 is 0 Å². The van der Waals surface area contributed by atoms with Crippen molar-refractivity contribution in [2.45, 2.75) is 18.9 Å². The smallest absolute Gasteiger partial charge is 0.530 e. The van der Waals surface area contributed by atoms with Crippen molar-refractivity contribution in [2.24, 2.45) is 0 Å². The quantitative estimate of drug-likeness (QED) is 0.321. The van der Waals surface area contributed by atoms with Crippen molar-refractivity contribution in [3.63, 3.8) is 0 Å². The van der Waals surface area contributed by atoms with E-state index in [-0.39, 0.29) is 64.9 Å². The minimum atomic E-state index is -1.13. The van der Waals surface area contributed by atoms with Crippen LogP contribution in [-0.2, 0) is 0 Å². The second-order valence-corrected chi connectivity index (χ2v) is 2.48. The maximum atomic E-state index is 10.2. The second kappa shape index (κ2) is 7.29. The Bertz CT molecular complexity index is 135. The number of likely N-dealkylation sites (tertiary alicyclic amines) is 1. The molecule has 5 heteroatoms. The summed E-state index contributed by atoms with van der Waals surface area (Å²) in [6.07, 6.45) is -0.385. The van der Waals surface area contributed by atoms with Crippen molar-refractivity contribution in [1.82, 2.24) is 4.90 Å². The van der Waals surface area contributed by atoms with Crippen LogP contribution in [-0.4, -0.2) is 35.3 Å². The van der Waals surface area contributed by atoms with Gasteiger partial charge < -0.3 is 27.3 Å². The summed E-state index contributed by atoms with van der Waals surface area (Å²) in [7, 11) is 0. The van der Waals surface area contributed by atoms with Gasteiger partial charge in [0.05, 0.1) is 6.10 Å². The van der Waals surface area contributed by atoms with Crippen LogP contribution in [0.1, 0.15) is 12.8 Å². The van der Waals surface area contributed by atoms with Crippen molar-refractivity contribution in [2.75, 3.05) is 13.1 Å². The maximum Gasteiger partial charge on any atom is 1.00 e. The molecule has 4 nitrogen and oxygen atoms in total. The van der Waals surface area contributed by atoms with Gasteiger partial charge in [0, 0.05) is 13.1 Å². The molecule has 1 rings (SSSR count). The van der Waals surface area contributed by atoms with Gasteiger partial charge in [0.25, 0.3) is 0 Å². The van der Waals surface area contributed by atoms with E-state index in [9.17, 15) is 9.90 Å². The van der Waals surface area contributed by atoms with Gasteiger partial charge in [-0.3, -0.25) is 0 Å². The van der Waals surface area contributed by atoms with E-state index in [4.69, 9.17) is 5.11 Å². The number of aliphatic hydroxyl groups is 1. The third-order valence-corrected chi connectivity index (χ3v) is 1.72. The topological polar surface area (TPSA) is 63.6 Å². The standard InChI is InChI=1S/C6H11NO3.CH3.K/c8-5-1-3-7(4-2-5)6(9)10;;/h5,8H,1-4H2,(H,9,10);1H3;/q;-1;+1/p-1. The largest absolute Gasteiger partial charge is 1.00 e. The molecule has 1 N–H and O–H groups in total. The van der Waals surface area contributed by atoms with Crippen LogP contribution >= 0.6 is 0 Å². The molecule has 0 aromatic rings. The van der Waals surface area contributed by atoms with E-state index in [0.29, 0.717) is 25.9 Å². The van der Waals surface area contributed by atoms with Gasteiger partial charge in [-0.2, -0.15) is 0 Å². The molecule has 1 aliphatic rings. The number of nitrogens with zero attached hydrogens (tertiary/aromatic N) is 1. The van der Waals surface area contributed by atoms with Gasteiger partial charge >= 0.3 is 51.4 Å². The van der Waals surface area contributed by atoms with Gasteiger partial charge in [-0.1, -0.05) is 0 Å². The number of aliphatic hydroxyl groups excluding tert-OH is 1. The zero-order valence-corrected chi connectivity index (χ0v) is 10.7. The Balaban J connectivity index is 0. The van der Waals surface area contributed by atoms with E-state index < -0.39 is 6.09 Å². The van der Waals surface area contributed by atoms with Crippen LogP contribution in [0.25, 0.3) is 0 Å². The molecule has 1 heterocycles. The first-order chi connectivity index (χ1) is 4.70. The first-order valence-corrected chi connectivity index (χ1v) is 3.34. The first-order valence-electron chi connectivity index (χ1n) is 3.34. The molecule has 1 saturated heterocycles. The number of carboxylic acid groups (broad SMARTS) is 1. The molecule has 0 radical (unpaired) electrons. The predicted octanol–water partition coefficient (Wildman–Crippen LogP) is -3.76. The Hall–Kier alpha value is 0.866. The minimum absolute atomic E-state index is 0. The van der Waals surface area contributed by atoms with Crippen LogP contribution in [0.3, 0.4) is 0 Å². The number of piperidine rings is 1. The van der Waals surface area contributed by atoms with E-state index in [1.807, 2.05) is 0 Å². The first kappa shape index (κ1) is 15.3. The van der Waals surface area contributed by atoms with Gasteiger partial charge in [0.15, 0.2) is 0 Å². The third-order valence-electron chi connectivity index (χ3n) is 1.72. The van der Waals surface area contributed by atoms with Crippen LogP contribution in [0.4, 0.5) is 4.79 Å². The fourth-order valence-corrected chi connectivity index (χ4v) is 1.05. The molecule has 1 fully saturated rings. The molecular weight excluding hydrogens is 185 g/mol. The molecule has 12 heavy (non-hydrogen) atoms. The van der Waals surface area contributed by atoms with E-state index in [1.165, 1.54) is 4.90 Å². The molecule has 0 unspecified atom stereocenters. The fourth-order valence-electron chi connectivity index (χ4n) is 1.05. The van der Waals surface area contributed by atoms with Crippen molar-refractivity contribution < 1.29 is 66.4 Å². The Morgan fingerprint density at radius 3 is 2.17 bits per heavy atom. The van der Waals surface area contributed by atoms with Crippen molar-refractivity contribution in [3.05, 3.63) is 7.43 Å². The number of rotatable bonds is 0. The average Bonchev–Trinajstić information content (AvgIpc) is 1.88. The van der Waals surface area contributed by atoms with Crippen molar-refractivity contribution >= 4 is 6.09 Å². The van der Waals surface area contributed by atoms with Crippen molar-refractivity contribution in [3.8, 4) is 0 Å². The second-order valence-electron chi connectivity index (χ2n) is 2.48. The molecule has 0 bridgehead atoms. The zero-order chi connectivity index (χ0) is 7.56. The number of carbonyl (C=O) groups excluding carboxylic acids is 1. The Kier molecular flexibility index (Phi) is 9.32. The minimum Gasteiger partial charge on any atom is -0.530 e. The summed E-state index contributed by atoms with van der Waals surface area (Å²) < 4.78 is 0. The Morgan fingerprint density at radius 1 is 1.42 bits per heavy atom. The average molecular weight is 198 g/mol. The molecule has 66 valence electrons. The normalized spacial score (nSPS) is 17.6. The SMILES string of the molecule is O=C([O-])N1CCC(O)CC1.[CH3-].[K+]. The van der Waals surface area contributed by atoms with E-state index in [1.54, 1.807) is 0 Å². The van der Waals surface area contributed by atoms with Gasteiger partial charge in [-0.25, -0.2) is 0 Å². The van der Waals surface area contributed by atoms with Crippen LogP contribution < -0.4 is 56.5 Å². The summed E-state index contributed by atoms with van der Waals surface area (Å²) in [5, 5.41) is 19.2. The molecule has 0 saturated carbocycles. The van der Waals surface area contributed by atoms with Gasteiger partial charge in [-0.05, 0) is 12.8 Å². The van der Waals surface area contributed by atoms with Gasteiger partial charge in [-0.15, -0.1) is 0 Å². The van der Waals surface area contributed by atoms with E-state index in [2.05, 4.69) is 0 Å². The summed E-state index contributed by atoms with van der Waals surface area (Å²) in [6, 6.07) is 0. The van der Waals surface area contributed by atoms with Gasteiger partial charge in [0.1, 0.15) is 6.09 Å². The Morgan fingerprint density at radius 2 is 1.83 bits per heavy atom. The summed E-state index contributed by atoms with van der Waals surface area (Å²) in [5.74, 6) is 0. The molecule has 0 aromatic heterocycles. The summed E-state index contributed by atoms with van der Waals surface area (Å²) >= 11 is 0. The third kappa shape index (κ3) is 4.79. The molecule has 1 aliphatic heterocycles. The number of hydrogen-bond acceptors (Lipinski definition) is 3. The summed E-state index contributed by atoms with van der Waals surface area (Å²) in [6.45, 7) is 0.812. The molecule has 0 aliphatic carbocycles. The van der Waals surface area contributed by atoms with E-state index in [0.717, 1.165) is 0 Å². The summed E-state index contributed by atoms with van der Waals surface area (Å²) in [5.41, 5.74) is 0. The Labute approximate surface area is 115 Å². The molecule has 1 amide bonds. The summed E-state index contributed by atoms with van der Waals surface area (Å²) in [4.78, 5) is 11.4. The van der Waals surface area contributed by atoms with Gasteiger partial charge in [0.2, 0.25) is 0 Å². The van der Waals surface area contributed by atoms with Crippen LogP contribution in [0.5, 0.6) is 0 Å².